The molecule has 1 N–H and O–H groups in total. The molecular formula is C26H29FN4O2. The van der Waals surface area contributed by atoms with Crippen LogP contribution in [0.25, 0.3) is 22.0 Å². The molecule has 2 aromatic carbocycles. The summed E-state index contributed by atoms with van der Waals surface area (Å²) < 4.78 is 25.0. The minimum absolute atomic E-state index is 0.205. The molecule has 1 aliphatic heterocycles. The van der Waals surface area contributed by atoms with E-state index in [2.05, 4.69) is 35.2 Å². The summed E-state index contributed by atoms with van der Waals surface area (Å²) in [6.07, 6.45) is 5.63. The second-order valence-electron chi connectivity index (χ2n) is 8.39. The number of halogens is 1. The van der Waals surface area contributed by atoms with E-state index in [1.807, 2.05) is 19.1 Å². The van der Waals surface area contributed by atoms with Crippen molar-refractivity contribution in [3.63, 3.8) is 0 Å². The van der Waals surface area contributed by atoms with E-state index in [0.717, 1.165) is 35.1 Å². The van der Waals surface area contributed by atoms with Gasteiger partial charge in [0.1, 0.15) is 35.3 Å². The lowest BCUT2D eigenvalue weighted by atomic mass is 10.0. The molecule has 0 aliphatic carbocycles. The molecule has 1 unspecified atom stereocenters. The van der Waals surface area contributed by atoms with E-state index < -0.39 is 0 Å². The van der Waals surface area contributed by atoms with Crippen molar-refractivity contribution >= 4 is 22.6 Å². The molecule has 1 atom stereocenters. The first-order valence-corrected chi connectivity index (χ1v) is 11.2. The second-order valence-corrected chi connectivity index (χ2v) is 8.39. The first kappa shape index (κ1) is 22.7. The highest BCUT2D eigenvalue weighted by molar-refractivity contribution is 5.98. The molecule has 3 aromatic rings. The predicted molar refractivity (Wildman–Crippen MR) is 130 cm³/mol. The lowest BCUT2D eigenvalue weighted by Gasteiger charge is -2.21. The fraction of sp³-hybridized carbons (Fsp3) is 0.346. The summed E-state index contributed by atoms with van der Waals surface area (Å²) in [6.45, 7) is 6.90. The number of benzene rings is 2. The molecule has 7 heteroatoms. The molecule has 0 bridgehead atoms. The Labute approximate surface area is 193 Å². The largest absolute Gasteiger partial charge is 0.494 e. The van der Waals surface area contributed by atoms with Crippen molar-refractivity contribution in [1.82, 2.24) is 9.97 Å². The Morgan fingerprint density at radius 1 is 1.06 bits per heavy atom. The van der Waals surface area contributed by atoms with E-state index >= 15 is 0 Å². The van der Waals surface area contributed by atoms with Crippen LogP contribution >= 0.6 is 0 Å². The van der Waals surface area contributed by atoms with Gasteiger partial charge in [-0.2, -0.15) is 0 Å². The number of anilines is 1. The van der Waals surface area contributed by atoms with E-state index in [4.69, 9.17) is 14.5 Å². The monoisotopic (exact) mass is 448 g/mol. The molecule has 0 fully saturated rings. The van der Waals surface area contributed by atoms with Gasteiger partial charge in [0.2, 0.25) is 5.90 Å². The van der Waals surface area contributed by atoms with Crippen molar-refractivity contribution in [2.45, 2.75) is 39.7 Å². The van der Waals surface area contributed by atoms with Crippen LogP contribution in [-0.4, -0.2) is 35.6 Å². The Bertz CT molecular complexity index is 1190. The van der Waals surface area contributed by atoms with Gasteiger partial charge in [0.25, 0.3) is 0 Å². The Morgan fingerprint density at radius 3 is 2.58 bits per heavy atom. The molecule has 1 aromatic heterocycles. The Hall–Kier alpha value is -3.48. The fourth-order valence-corrected chi connectivity index (χ4v) is 3.78. The van der Waals surface area contributed by atoms with Gasteiger partial charge in [0, 0.05) is 11.1 Å². The summed E-state index contributed by atoms with van der Waals surface area (Å²) in [5, 5.41) is 4.25. The number of aromatic nitrogens is 2. The average molecular weight is 449 g/mol. The van der Waals surface area contributed by atoms with Gasteiger partial charge in [-0.15, -0.1) is 0 Å². The smallest absolute Gasteiger partial charge is 0.211 e. The maximum absolute atomic E-state index is 13.4. The predicted octanol–water partition coefficient (Wildman–Crippen LogP) is 5.99. The van der Waals surface area contributed by atoms with Gasteiger partial charge in [-0.25, -0.2) is 19.4 Å². The van der Waals surface area contributed by atoms with Crippen LogP contribution in [0.1, 0.15) is 33.6 Å². The zero-order valence-corrected chi connectivity index (χ0v) is 19.4. The molecule has 0 amide bonds. The SMILES string of the molecule is COc1cc(-c2ccc(F)cc2)cc2c(NC(C)C3=N/C(C(C)C)=C/CCCO3)ncnc12. The standard InChI is InChI=1S/C26H29FN4O2/c1-16(2)22-7-5-6-12-33-26(31-22)17(3)30-25-21-13-19(18-8-10-20(27)11-9-18)14-23(32-4)24(21)28-15-29-25/h7-11,13-17H,5-6,12H2,1-4H3,(H,28,29,30)/b22-7+,31-26?. The van der Waals surface area contributed by atoms with Crippen molar-refractivity contribution in [1.29, 1.82) is 0 Å². The third-order valence-electron chi connectivity index (χ3n) is 5.61. The molecule has 172 valence electrons. The van der Waals surface area contributed by atoms with Crippen molar-refractivity contribution in [2.24, 2.45) is 10.9 Å². The summed E-state index contributed by atoms with van der Waals surface area (Å²) >= 11 is 0. The van der Waals surface area contributed by atoms with Gasteiger partial charge in [0.05, 0.1) is 13.7 Å². The molecule has 6 nitrogen and oxygen atoms in total. The number of hydrogen-bond acceptors (Lipinski definition) is 6. The van der Waals surface area contributed by atoms with Crippen LogP contribution in [-0.2, 0) is 4.74 Å². The molecule has 0 spiro atoms. The van der Waals surface area contributed by atoms with Crippen LogP contribution in [0.5, 0.6) is 5.75 Å². The number of allylic oxidation sites excluding steroid dienone is 2. The molecular weight excluding hydrogens is 419 g/mol. The van der Waals surface area contributed by atoms with Crippen molar-refractivity contribution in [2.75, 3.05) is 19.0 Å². The average Bonchev–Trinajstić information content (AvgIpc) is 2.78. The van der Waals surface area contributed by atoms with Crippen LogP contribution in [0.15, 0.2) is 59.5 Å². The highest BCUT2D eigenvalue weighted by atomic mass is 19.1. The zero-order valence-electron chi connectivity index (χ0n) is 19.4. The quantitative estimate of drug-likeness (QED) is 0.501. The number of nitrogens with one attached hydrogen (secondary N) is 1. The molecule has 0 saturated heterocycles. The topological polar surface area (TPSA) is 68.6 Å². The van der Waals surface area contributed by atoms with E-state index in [-0.39, 0.29) is 11.9 Å². The van der Waals surface area contributed by atoms with Crippen molar-refractivity contribution in [3.8, 4) is 16.9 Å². The number of fused-ring (bicyclic) bond motifs is 1. The summed E-state index contributed by atoms with van der Waals surface area (Å²) in [7, 11) is 1.61. The highest BCUT2D eigenvalue weighted by Crippen LogP contribution is 2.34. The first-order valence-electron chi connectivity index (χ1n) is 11.2. The van der Waals surface area contributed by atoms with Crippen molar-refractivity contribution < 1.29 is 13.9 Å². The lowest BCUT2D eigenvalue weighted by molar-refractivity contribution is 0.285. The molecule has 33 heavy (non-hydrogen) atoms. The summed E-state index contributed by atoms with van der Waals surface area (Å²) in [5.41, 5.74) is 3.48. The molecule has 0 saturated carbocycles. The maximum Gasteiger partial charge on any atom is 0.211 e. The third kappa shape index (κ3) is 5.13. The van der Waals surface area contributed by atoms with Crippen LogP contribution in [0.2, 0.25) is 0 Å². The van der Waals surface area contributed by atoms with Gasteiger partial charge < -0.3 is 14.8 Å². The van der Waals surface area contributed by atoms with Crippen LogP contribution < -0.4 is 10.1 Å². The van der Waals surface area contributed by atoms with E-state index in [1.165, 1.54) is 18.5 Å². The fourth-order valence-electron chi connectivity index (χ4n) is 3.78. The highest BCUT2D eigenvalue weighted by Gasteiger charge is 2.19. The number of rotatable bonds is 6. The van der Waals surface area contributed by atoms with Crippen LogP contribution in [0.4, 0.5) is 10.2 Å². The van der Waals surface area contributed by atoms with Gasteiger partial charge in [-0.3, -0.25) is 0 Å². The maximum atomic E-state index is 13.4. The number of aliphatic imine (C=N–C) groups is 1. The van der Waals surface area contributed by atoms with Gasteiger partial charge in [0.15, 0.2) is 0 Å². The van der Waals surface area contributed by atoms with E-state index in [9.17, 15) is 4.39 Å². The molecule has 2 heterocycles. The van der Waals surface area contributed by atoms with Gasteiger partial charge in [-0.05, 0) is 61.1 Å². The summed E-state index contributed by atoms with van der Waals surface area (Å²) in [6, 6.07) is 10.1. The molecule has 1 aliphatic rings. The van der Waals surface area contributed by atoms with E-state index in [1.54, 1.807) is 19.2 Å². The number of hydrogen-bond donors (Lipinski definition) is 1. The van der Waals surface area contributed by atoms with Crippen LogP contribution in [0.3, 0.4) is 0 Å². The number of ether oxygens (including phenoxy) is 2. The zero-order chi connectivity index (χ0) is 23.4. The second kappa shape index (κ2) is 9.98. The number of methoxy groups -OCH3 is 1. The molecule has 4 rings (SSSR count). The minimum atomic E-state index is -0.277. The van der Waals surface area contributed by atoms with E-state index in [0.29, 0.717) is 35.5 Å². The molecule has 0 radical (unpaired) electrons. The number of nitrogens with zero attached hydrogens (tertiary/aromatic N) is 3. The van der Waals surface area contributed by atoms with Gasteiger partial charge >= 0.3 is 0 Å². The van der Waals surface area contributed by atoms with Crippen molar-refractivity contribution in [3.05, 3.63) is 60.3 Å². The Morgan fingerprint density at radius 2 is 1.85 bits per heavy atom. The lowest BCUT2D eigenvalue weighted by Crippen LogP contribution is -2.30. The first-order chi connectivity index (χ1) is 16.0. The summed E-state index contributed by atoms with van der Waals surface area (Å²) in [5.74, 6) is 1.95. The Balaban J connectivity index is 1.73. The third-order valence-corrected chi connectivity index (χ3v) is 5.61. The van der Waals surface area contributed by atoms with Crippen LogP contribution in [0, 0.1) is 11.7 Å². The minimum Gasteiger partial charge on any atom is -0.494 e. The summed E-state index contributed by atoms with van der Waals surface area (Å²) in [4.78, 5) is 13.7. The normalized spacial score (nSPS) is 16.8. The Kier molecular flexibility index (Phi) is 6.87. The van der Waals surface area contributed by atoms with Gasteiger partial charge in [-0.1, -0.05) is 32.1 Å².